The van der Waals surface area contributed by atoms with E-state index < -0.39 is 10.1 Å². The van der Waals surface area contributed by atoms with Gasteiger partial charge in [0.05, 0.1) is 24.1 Å². The van der Waals surface area contributed by atoms with Gasteiger partial charge in [0.15, 0.2) is 0 Å². The normalized spacial score (nSPS) is 17.9. The van der Waals surface area contributed by atoms with Crippen LogP contribution in [0.15, 0.2) is 0 Å². The molecule has 1 aromatic heterocycles. The molecule has 1 amide bonds. The molecule has 0 fully saturated rings. The Balaban J connectivity index is 2.26. The fourth-order valence-corrected chi connectivity index (χ4v) is 3.35. The van der Waals surface area contributed by atoms with Crippen molar-refractivity contribution in [3.63, 3.8) is 0 Å². The molecule has 2 heterocycles. The van der Waals surface area contributed by atoms with Gasteiger partial charge in [-0.25, -0.2) is 5.01 Å². The van der Waals surface area contributed by atoms with E-state index in [1.807, 2.05) is 20.8 Å². The third-order valence-electron chi connectivity index (χ3n) is 4.55. The third-order valence-corrected chi connectivity index (χ3v) is 5.14. The number of hydrogen-bond donors (Lipinski definition) is 1. The predicted octanol–water partition coefficient (Wildman–Crippen LogP) is 0.567. The van der Waals surface area contributed by atoms with Crippen LogP contribution in [-0.4, -0.2) is 73.7 Å². The summed E-state index contributed by atoms with van der Waals surface area (Å²) >= 11 is 0. The van der Waals surface area contributed by atoms with Crippen molar-refractivity contribution in [3.05, 3.63) is 17.0 Å². The van der Waals surface area contributed by atoms with Gasteiger partial charge in [0.2, 0.25) is 0 Å². The molecule has 9 nitrogen and oxygen atoms in total. The van der Waals surface area contributed by atoms with Crippen LogP contribution in [0.5, 0.6) is 0 Å². The molecule has 1 aromatic rings. The molecule has 0 aromatic carbocycles. The number of aromatic nitrogens is 2. The van der Waals surface area contributed by atoms with E-state index in [0.29, 0.717) is 18.3 Å². The molecule has 1 aliphatic rings. The standard InChI is InChI=1S/C17H31N5O4S/c1-12-10-14-13(11-18-12)15(22(19-14)17(2,3)4)16(23)21(6)20(5)8-9-26-27(7,24)25/h12,18H,8-11H2,1-7H3/t12-/m1/s1. The first-order valence-electron chi connectivity index (χ1n) is 8.99. The minimum atomic E-state index is -3.50. The number of carbonyl (C=O) groups excluding carboxylic acids is 1. The van der Waals surface area contributed by atoms with Crippen LogP contribution >= 0.6 is 0 Å². The molecule has 2 rings (SSSR count). The van der Waals surface area contributed by atoms with E-state index in [-0.39, 0.29) is 24.6 Å². The Bertz CT molecular complexity index is 797. The van der Waals surface area contributed by atoms with E-state index in [9.17, 15) is 13.2 Å². The number of hydrazine groups is 1. The Kier molecular flexibility index (Phi) is 6.35. The lowest BCUT2D eigenvalue weighted by Crippen LogP contribution is -2.45. The fourth-order valence-electron chi connectivity index (χ4n) is 2.97. The Labute approximate surface area is 161 Å². The van der Waals surface area contributed by atoms with Crippen LogP contribution in [0.3, 0.4) is 0 Å². The summed E-state index contributed by atoms with van der Waals surface area (Å²) in [7, 11) is -0.128. The number of hydrogen-bond acceptors (Lipinski definition) is 7. The van der Waals surface area contributed by atoms with Crippen LogP contribution in [0.1, 0.15) is 49.4 Å². The van der Waals surface area contributed by atoms with Crippen LogP contribution in [0.2, 0.25) is 0 Å². The van der Waals surface area contributed by atoms with Crippen molar-refractivity contribution in [2.45, 2.75) is 52.2 Å². The number of nitrogens with zero attached hydrogens (tertiary/aromatic N) is 4. The first-order chi connectivity index (χ1) is 12.3. The number of carbonyl (C=O) groups is 1. The molecule has 154 valence electrons. The number of rotatable bonds is 6. The van der Waals surface area contributed by atoms with Crippen molar-refractivity contribution in [1.29, 1.82) is 0 Å². The lowest BCUT2D eigenvalue weighted by Gasteiger charge is -2.30. The Morgan fingerprint density at radius 2 is 2.00 bits per heavy atom. The quantitative estimate of drug-likeness (QED) is 0.550. The maximum atomic E-state index is 13.3. The second-order valence-electron chi connectivity index (χ2n) is 8.08. The van der Waals surface area contributed by atoms with Crippen molar-refractivity contribution < 1.29 is 17.4 Å². The summed E-state index contributed by atoms with van der Waals surface area (Å²) in [6.45, 7) is 8.98. The molecule has 10 heteroatoms. The second kappa shape index (κ2) is 7.86. The highest BCUT2D eigenvalue weighted by atomic mass is 32.2. The smallest absolute Gasteiger partial charge is 0.286 e. The molecule has 0 unspecified atom stereocenters. The summed E-state index contributed by atoms with van der Waals surface area (Å²) in [5.41, 5.74) is 2.11. The lowest BCUT2D eigenvalue weighted by atomic mass is 10.0. The highest BCUT2D eigenvalue weighted by Gasteiger charge is 2.33. The van der Waals surface area contributed by atoms with Gasteiger partial charge in [-0.1, -0.05) is 0 Å². The maximum absolute atomic E-state index is 13.3. The molecule has 0 saturated carbocycles. The second-order valence-corrected chi connectivity index (χ2v) is 9.72. The molecule has 0 saturated heterocycles. The average Bonchev–Trinajstić information content (AvgIpc) is 2.90. The fraction of sp³-hybridized carbons (Fsp3) is 0.765. The Hall–Kier alpha value is -1.49. The van der Waals surface area contributed by atoms with E-state index >= 15 is 0 Å². The number of amides is 1. The maximum Gasteiger partial charge on any atom is 0.286 e. The third kappa shape index (κ3) is 5.28. The van der Waals surface area contributed by atoms with E-state index in [2.05, 4.69) is 12.2 Å². The van der Waals surface area contributed by atoms with E-state index in [4.69, 9.17) is 9.28 Å². The van der Waals surface area contributed by atoms with Crippen LogP contribution in [0, 0.1) is 0 Å². The van der Waals surface area contributed by atoms with Gasteiger partial charge in [-0.3, -0.25) is 18.7 Å². The zero-order valence-corrected chi connectivity index (χ0v) is 18.1. The lowest BCUT2D eigenvalue weighted by molar-refractivity contribution is 0.0142. The summed E-state index contributed by atoms with van der Waals surface area (Å²) in [5.74, 6) is -0.183. The molecule has 27 heavy (non-hydrogen) atoms. The summed E-state index contributed by atoms with van der Waals surface area (Å²) in [6, 6.07) is 0.317. The van der Waals surface area contributed by atoms with Crippen LogP contribution in [0.4, 0.5) is 0 Å². The number of fused-ring (bicyclic) bond motifs is 1. The van der Waals surface area contributed by atoms with Crippen LogP contribution in [0.25, 0.3) is 0 Å². The monoisotopic (exact) mass is 401 g/mol. The molecule has 1 N–H and O–H groups in total. The van der Waals surface area contributed by atoms with Gasteiger partial charge in [-0.2, -0.15) is 13.5 Å². The van der Waals surface area contributed by atoms with Gasteiger partial charge in [-0.05, 0) is 27.7 Å². The minimum Gasteiger partial charge on any atom is -0.310 e. The Morgan fingerprint density at radius 1 is 1.37 bits per heavy atom. The molecule has 0 spiro atoms. The topological polar surface area (TPSA) is 96.8 Å². The zero-order valence-electron chi connectivity index (χ0n) is 17.2. The van der Waals surface area contributed by atoms with Crippen LogP contribution in [-0.2, 0) is 32.8 Å². The molecule has 1 aliphatic heterocycles. The van der Waals surface area contributed by atoms with E-state index in [0.717, 1.165) is 23.9 Å². The highest BCUT2D eigenvalue weighted by molar-refractivity contribution is 7.85. The molecule has 0 bridgehead atoms. The van der Waals surface area contributed by atoms with Crippen molar-refractivity contribution in [1.82, 2.24) is 25.1 Å². The summed E-state index contributed by atoms with van der Waals surface area (Å²) in [5, 5.41) is 11.2. The van der Waals surface area contributed by atoms with Crippen molar-refractivity contribution >= 4 is 16.0 Å². The van der Waals surface area contributed by atoms with Gasteiger partial charge >= 0.3 is 0 Å². The predicted molar refractivity (Wildman–Crippen MR) is 103 cm³/mol. The van der Waals surface area contributed by atoms with Gasteiger partial charge in [0, 0.05) is 45.2 Å². The van der Waals surface area contributed by atoms with Gasteiger partial charge in [-0.15, -0.1) is 0 Å². The first kappa shape index (κ1) is 21.8. The van der Waals surface area contributed by atoms with E-state index in [1.54, 1.807) is 23.8 Å². The van der Waals surface area contributed by atoms with Gasteiger partial charge in [0.1, 0.15) is 5.69 Å². The molecule has 1 atom stereocenters. The van der Waals surface area contributed by atoms with E-state index in [1.165, 1.54) is 5.01 Å². The van der Waals surface area contributed by atoms with Gasteiger partial charge < -0.3 is 5.32 Å². The van der Waals surface area contributed by atoms with Crippen molar-refractivity contribution in [3.8, 4) is 0 Å². The first-order valence-corrected chi connectivity index (χ1v) is 10.8. The average molecular weight is 402 g/mol. The SMILES string of the molecule is C[C@@H]1Cc2nn(C(C)(C)C)c(C(=O)N(C)N(C)CCOS(C)(=O)=O)c2CN1. The van der Waals surface area contributed by atoms with Crippen LogP contribution < -0.4 is 5.32 Å². The van der Waals surface area contributed by atoms with Crippen molar-refractivity contribution in [2.24, 2.45) is 0 Å². The largest absolute Gasteiger partial charge is 0.310 e. The summed E-state index contributed by atoms with van der Waals surface area (Å²) in [4.78, 5) is 13.3. The number of likely N-dealkylation sites (N-methyl/N-ethyl adjacent to an activating group) is 1. The zero-order chi connectivity index (χ0) is 20.6. The molecule has 0 aliphatic carbocycles. The number of nitrogens with one attached hydrogen (secondary N) is 1. The van der Waals surface area contributed by atoms with Gasteiger partial charge in [0.25, 0.3) is 16.0 Å². The highest BCUT2D eigenvalue weighted by Crippen LogP contribution is 2.26. The van der Waals surface area contributed by atoms with Crippen molar-refractivity contribution in [2.75, 3.05) is 33.5 Å². The summed E-state index contributed by atoms with van der Waals surface area (Å²) in [6.07, 6.45) is 1.78. The molecule has 0 radical (unpaired) electrons. The Morgan fingerprint density at radius 3 is 2.56 bits per heavy atom. The minimum absolute atomic E-state index is 0.0251. The summed E-state index contributed by atoms with van der Waals surface area (Å²) < 4.78 is 28.8. The molecular weight excluding hydrogens is 370 g/mol. The molecular formula is C17H31N5O4S.